The van der Waals surface area contributed by atoms with Gasteiger partial charge in [0.15, 0.2) is 0 Å². The Kier molecular flexibility index (Phi) is 2.86. The van der Waals surface area contributed by atoms with E-state index in [1.54, 1.807) is 11.3 Å². The van der Waals surface area contributed by atoms with Crippen molar-refractivity contribution in [1.29, 1.82) is 0 Å². The molecule has 1 aromatic carbocycles. The highest BCUT2D eigenvalue weighted by atomic mass is 32.1. The van der Waals surface area contributed by atoms with Crippen LogP contribution < -0.4 is 5.73 Å². The topological polar surface area (TPSA) is 54.7 Å². The average Bonchev–Trinajstić information content (AvgIpc) is 3.02. The lowest BCUT2D eigenvalue weighted by Gasteiger charge is -2.03. The smallest absolute Gasteiger partial charge is 0.149 e. The van der Waals surface area contributed by atoms with Gasteiger partial charge in [-0.3, -0.25) is 5.10 Å². The van der Waals surface area contributed by atoms with Crippen LogP contribution in [0.3, 0.4) is 0 Å². The van der Waals surface area contributed by atoms with E-state index in [9.17, 15) is 0 Å². The van der Waals surface area contributed by atoms with Crippen molar-refractivity contribution in [3.63, 3.8) is 0 Å². The number of anilines is 1. The molecule has 90 valence electrons. The normalized spacial score (nSPS) is 10.7. The molecule has 3 N–H and O–H groups in total. The number of nitrogens with one attached hydrogen (secondary N) is 1. The van der Waals surface area contributed by atoms with Crippen LogP contribution in [0, 0.1) is 0 Å². The highest BCUT2D eigenvalue weighted by Gasteiger charge is 2.13. The standard InChI is InChI=1S/C14H13N3S/c15-14-11(9-10-5-2-1-3-6-10)13(16-17-14)12-7-4-8-18-12/h1-8H,9H2,(H3,15,16,17). The Labute approximate surface area is 109 Å². The number of hydrogen-bond acceptors (Lipinski definition) is 3. The molecule has 3 nitrogen and oxygen atoms in total. The van der Waals surface area contributed by atoms with Crippen molar-refractivity contribution in [1.82, 2.24) is 10.2 Å². The summed E-state index contributed by atoms with van der Waals surface area (Å²) in [4.78, 5) is 1.17. The van der Waals surface area contributed by atoms with Gasteiger partial charge in [0.05, 0.1) is 10.6 Å². The molecule has 0 saturated carbocycles. The Hall–Kier alpha value is -2.07. The summed E-state index contributed by atoms with van der Waals surface area (Å²) >= 11 is 1.69. The lowest BCUT2D eigenvalue weighted by molar-refractivity contribution is 1.11. The van der Waals surface area contributed by atoms with E-state index in [2.05, 4.69) is 33.8 Å². The Bertz CT molecular complexity index is 626. The van der Waals surface area contributed by atoms with Gasteiger partial charge in [0, 0.05) is 12.0 Å². The number of aromatic nitrogens is 2. The van der Waals surface area contributed by atoms with Gasteiger partial charge in [0.1, 0.15) is 5.82 Å². The van der Waals surface area contributed by atoms with E-state index in [0.29, 0.717) is 5.82 Å². The molecule has 2 heterocycles. The summed E-state index contributed by atoms with van der Waals surface area (Å²) in [5.74, 6) is 0.585. The second kappa shape index (κ2) is 4.66. The number of aromatic amines is 1. The van der Waals surface area contributed by atoms with Gasteiger partial charge in [-0.1, -0.05) is 36.4 Å². The minimum atomic E-state index is 0.585. The van der Waals surface area contributed by atoms with Crippen LogP contribution >= 0.6 is 11.3 Å². The largest absolute Gasteiger partial charge is 0.382 e. The first-order valence-electron chi connectivity index (χ1n) is 5.75. The van der Waals surface area contributed by atoms with Gasteiger partial charge in [-0.2, -0.15) is 5.10 Å². The molecule has 0 spiro atoms. The molecular weight excluding hydrogens is 242 g/mol. The second-order valence-electron chi connectivity index (χ2n) is 4.10. The van der Waals surface area contributed by atoms with Crippen LogP contribution in [0.1, 0.15) is 11.1 Å². The molecule has 0 aliphatic carbocycles. The second-order valence-corrected chi connectivity index (χ2v) is 5.05. The highest BCUT2D eigenvalue weighted by Crippen LogP contribution is 2.30. The molecular formula is C14H13N3S. The fourth-order valence-corrected chi connectivity index (χ4v) is 2.73. The number of rotatable bonds is 3. The zero-order valence-electron chi connectivity index (χ0n) is 9.76. The quantitative estimate of drug-likeness (QED) is 0.754. The third kappa shape index (κ3) is 2.02. The van der Waals surface area contributed by atoms with Crippen LogP contribution in [0.15, 0.2) is 47.8 Å². The van der Waals surface area contributed by atoms with Crippen molar-refractivity contribution in [3.8, 4) is 10.6 Å². The molecule has 3 aromatic rings. The molecule has 18 heavy (non-hydrogen) atoms. The van der Waals surface area contributed by atoms with Gasteiger partial charge in [-0.25, -0.2) is 0 Å². The Morgan fingerprint density at radius 1 is 1.11 bits per heavy atom. The van der Waals surface area contributed by atoms with Gasteiger partial charge in [-0.15, -0.1) is 11.3 Å². The molecule has 3 rings (SSSR count). The molecule has 0 saturated heterocycles. The SMILES string of the molecule is Nc1n[nH]c(-c2cccs2)c1Cc1ccccc1. The van der Waals surface area contributed by atoms with Crippen molar-refractivity contribution < 1.29 is 0 Å². The van der Waals surface area contributed by atoms with E-state index < -0.39 is 0 Å². The van der Waals surface area contributed by atoms with Crippen molar-refractivity contribution in [2.24, 2.45) is 0 Å². The highest BCUT2D eigenvalue weighted by molar-refractivity contribution is 7.13. The lowest BCUT2D eigenvalue weighted by atomic mass is 10.0. The molecule has 0 bridgehead atoms. The maximum atomic E-state index is 5.96. The molecule has 0 aliphatic heterocycles. The van der Waals surface area contributed by atoms with E-state index >= 15 is 0 Å². The van der Waals surface area contributed by atoms with Crippen molar-refractivity contribution >= 4 is 17.2 Å². The first-order valence-corrected chi connectivity index (χ1v) is 6.63. The number of nitrogen functional groups attached to an aromatic ring is 1. The summed E-state index contributed by atoms with van der Waals surface area (Å²) in [7, 11) is 0. The van der Waals surface area contributed by atoms with Gasteiger partial charge in [0.2, 0.25) is 0 Å². The predicted octanol–water partition coefficient (Wildman–Crippen LogP) is 3.31. The van der Waals surface area contributed by atoms with Crippen LogP contribution in [-0.2, 0) is 6.42 Å². The Morgan fingerprint density at radius 2 is 1.94 bits per heavy atom. The van der Waals surface area contributed by atoms with Gasteiger partial charge in [0.25, 0.3) is 0 Å². The Balaban J connectivity index is 1.99. The minimum absolute atomic E-state index is 0.585. The maximum Gasteiger partial charge on any atom is 0.149 e. The molecule has 0 aliphatic rings. The van der Waals surface area contributed by atoms with Crippen LogP contribution in [0.5, 0.6) is 0 Å². The van der Waals surface area contributed by atoms with Crippen molar-refractivity contribution in [2.45, 2.75) is 6.42 Å². The Morgan fingerprint density at radius 3 is 2.67 bits per heavy atom. The van der Waals surface area contributed by atoms with Crippen LogP contribution in [0.4, 0.5) is 5.82 Å². The molecule has 0 radical (unpaired) electrons. The summed E-state index contributed by atoms with van der Waals surface area (Å²) in [5.41, 5.74) is 9.30. The summed E-state index contributed by atoms with van der Waals surface area (Å²) in [6.07, 6.45) is 0.802. The van der Waals surface area contributed by atoms with E-state index in [1.165, 1.54) is 10.4 Å². The number of benzene rings is 1. The van der Waals surface area contributed by atoms with Crippen LogP contribution in [0.25, 0.3) is 10.6 Å². The van der Waals surface area contributed by atoms with E-state index in [1.807, 2.05) is 24.3 Å². The number of nitrogens with zero attached hydrogens (tertiary/aromatic N) is 1. The van der Waals surface area contributed by atoms with Gasteiger partial charge in [-0.05, 0) is 17.0 Å². The van der Waals surface area contributed by atoms with Crippen LogP contribution in [0.2, 0.25) is 0 Å². The molecule has 0 amide bonds. The van der Waals surface area contributed by atoms with Crippen LogP contribution in [-0.4, -0.2) is 10.2 Å². The van der Waals surface area contributed by atoms with Crippen molar-refractivity contribution in [2.75, 3.05) is 5.73 Å². The zero-order chi connectivity index (χ0) is 12.4. The average molecular weight is 255 g/mol. The fourth-order valence-electron chi connectivity index (χ4n) is 1.98. The minimum Gasteiger partial charge on any atom is -0.382 e. The first-order chi connectivity index (χ1) is 8.84. The number of hydrogen-bond donors (Lipinski definition) is 2. The number of H-pyrrole nitrogens is 1. The third-order valence-corrected chi connectivity index (χ3v) is 3.78. The third-order valence-electron chi connectivity index (χ3n) is 2.89. The number of thiophene rings is 1. The van der Waals surface area contributed by atoms with E-state index in [0.717, 1.165) is 17.7 Å². The molecule has 4 heteroatoms. The summed E-state index contributed by atoms with van der Waals surface area (Å²) in [6, 6.07) is 14.4. The summed E-state index contributed by atoms with van der Waals surface area (Å²) < 4.78 is 0. The predicted molar refractivity (Wildman–Crippen MR) is 75.6 cm³/mol. The molecule has 0 atom stereocenters. The summed E-state index contributed by atoms with van der Waals surface area (Å²) in [6.45, 7) is 0. The monoisotopic (exact) mass is 255 g/mol. The fraction of sp³-hybridized carbons (Fsp3) is 0.0714. The van der Waals surface area contributed by atoms with Gasteiger partial charge >= 0.3 is 0 Å². The van der Waals surface area contributed by atoms with E-state index in [4.69, 9.17) is 5.73 Å². The van der Waals surface area contributed by atoms with Gasteiger partial charge < -0.3 is 5.73 Å². The molecule has 0 fully saturated rings. The summed E-state index contributed by atoms with van der Waals surface area (Å²) in [5, 5.41) is 9.21. The first kappa shape index (κ1) is 11.0. The molecule has 0 unspecified atom stereocenters. The molecule has 2 aromatic heterocycles. The van der Waals surface area contributed by atoms with Crippen molar-refractivity contribution in [3.05, 3.63) is 59.0 Å². The number of nitrogens with two attached hydrogens (primary N) is 1. The maximum absolute atomic E-state index is 5.96. The zero-order valence-corrected chi connectivity index (χ0v) is 10.6. The van der Waals surface area contributed by atoms with E-state index in [-0.39, 0.29) is 0 Å². The lowest BCUT2D eigenvalue weighted by Crippen LogP contribution is -1.94.